The van der Waals surface area contributed by atoms with E-state index in [-0.39, 0.29) is 5.69 Å². The summed E-state index contributed by atoms with van der Waals surface area (Å²) in [7, 11) is 0. The fourth-order valence-electron chi connectivity index (χ4n) is 0.531. The van der Waals surface area contributed by atoms with Crippen molar-refractivity contribution in [3.63, 3.8) is 0 Å². The number of nitrogens with zero attached hydrogens (tertiary/aromatic N) is 1. The Morgan fingerprint density at radius 2 is 2.18 bits per heavy atom. The summed E-state index contributed by atoms with van der Waals surface area (Å²) in [4.78, 5) is 0. The minimum absolute atomic E-state index is 0.345. The lowest BCUT2D eigenvalue weighted by molar-refractivity contribution is -0.207. The zero-order valence-electron chi connectivity index (χ0n) is 5.17. The number of hydrogen-bond acceptors (Lipinski definition) is 3. The van der Waals surface area contributed by atoms with Crippen LogP contribution in [-0.2, 0) is 0 Å². The molecule has 11 heavy (non-hydrogen) atoms. The molecule has 0 spiro atoms. The highest BCUT2D eigenvalue weighted by Gasteiger charge is 2.40. The van der Waals surface area contributed by atoms with Crippen molar-refractivity contribution in [1.29, 1.82) is 0 Å². The number of halogens is 3. The summed E-state index contributed by atoms with van der Waals surface area (Å²) in [5.41, 5.74) is -0.345. The lowest BCUT2D eigenvalue weighted by atomic mass is 10.2. The SMILES string of the molecule is OC(c1ccsn1)C(F)(F)F. The molecule has 62 valence electrons. The van der Waals surface area contributed by atoms with Crippen LogP contribution in [0.25, 0.3) is 0 Å². The largest absolute Gasteiger partial charge is 0.420 e. The van der Waals surface area contributed by atoms with Crippen molar-refractivity contribution in [2.45, 2.75) is 12.3 Å². The van der Waals surface area contributed by atoms with Crippen molar-refractivity contribution in [3.8, 4) is 0 Å². The molecule has 0 radical (unpaired) electrons. The van der Waals surface area contributed by atoms with Crippen LogP contribution >= 0.6 is 11.5 Å². The van der Waals surface area contributed by atoms with Crippen LogP contribution in [0.3, 0.4) is 0 Å². The van der Waals surface area contributed by atoms with Crippen molar-refractivity contribution < 1.29 is 18.3 Å². The molecule has 2 nitrogen and oxygen atoms in total. The fraction of sp³-hybridized carbons (Fsp3) is 0.400. The van der Waals surface area contributed by atoms with Crippen LogP contribution in [-0.4, -0.2) is 15.7 Å². The van der Waals surface area contributed by atoms with Crippen LogP contribution in [0, 0.1) is 0 Å². The van der Waals surface area contributed by atoms with Gasteiger partial charge in [0, 0.05) is 5.38 Å². The fourth-order valence-corrected chi connectivity index (χ4v) is 1.07. The quantitative estimate of drug-likeness (QED) is 0.719. The Morgan fingerprint density at radius 1 is 1.55 bits per heavy atom. The van der Waals surface area contributed by atoms with E-state index in [1.807, 2.05) is 0 Å². The first-order valence-corrected chi connectivity index (χ1v) is 3.50. The Bertz CT molecular complexity index is 220. The van der Waals surface area contributed by atoms with Crippen LogP contribution in [0.2, 0.25) is 0 Å². The Morgan fingerprint density at radius 3 is 2.55 bits per heavy atom. The molecular formula is C5H4F3NOS. The monoisotopic (exact) mass is 183 g/mol. The molecular weight excluding hydrogens is 179 g/mol. The summed E-state index contributed by atoms with van der Waals surface area (Å²) >= 11 is 0.874. The number of hydrogen-bond donors (Lipinski definition) is 1. The second-order valence-electron chi connectivity index (χ2n) is 1.87. The molecule has 1 atom stereocenters. The molecule has 0 fully saturated rings. The number of aliphatic hydroxyl groups excluding tert-OH is 1. The summed E-state index contributed by atoms with van der Waals surface area (Å²) in [6.07, 6.45) is -7.07. The molecule has 0 aromatic carbocycles. The van der Waals surface area contributed by atoms with Gasteiger partial charge in [0.1, 0.15) is 0 Å². The minimum Gasteiger partial charge on any atom is -0.378 e. The van der Waals surface area contributed by atoms with Crippen molar-refractivity contribution in [3.05, 3.63) is 17.1 Å². The molecule has 1 heterocycles. The molecule has 1 rings (SSSR count). The molecule has 0 aliphatic heterocycles. The molecule has 0 saturated carbocycles. The van der Waals surface area contributed by atoms with E-state index in [2.05, 4.69) is 4.37 Å². The van der Waals surface area contributed by atoms with Gasteiger partial charge in [-0.25, -0.2) is 0 Å². The third-order valence-corrected chi connectivity index (χ3v) is 1.62. The van der Waals surface area contributed by atoms with Gasteiger partial charge in [-0.3, -0.25) is 0 Å². The summed E-state index contributed by atoms with van der Waals surface area (Å²) < 4.78 is 38.5. The first-order valence-electron chi connectivity index (χ1n) is 2.67. The maximum absolute atomic E-state index is 11.7. The van der Waals surface area contributed by atoms with Crippen molar-refractivity contribution in [2.75, 3.05) is 0 Å². The lowest BCUT2D eigenvalue weighted by Gasteiger charge is -2.10. The highest BCUT2D eigenvalue weighted by Crippen LogP contribution is 2.31. The molecule has 1 aromatic heterocycles. The van der Waals surface area contributed by atoms with Crippen LogP contribution in [0.15, 0.2) is 11.4 Å². The average molecular weight is 183 g/mol. The minimum atomic E-state index is -4.62. The van der Waals surface area contributed by atoms with Gasteiger partial charge < -0.3 is 5.11 Å². The molecule has 1 aromatic rings. The number of alkyl halides is 3. The van der Waals surface area contributed by atoms with Gasteiger partial charge in [-0.2, -0.15) is 17.5 Å². The summed E-state index contributed by atoms with van der Waals surface area (Å²) in [5.74, 6) is 0. The molecule has 0 aliphatic carbocycles. The summed E-state index contributed by atoms with van der Waals surface area (Å²) in [6, 6.07) is 1.14. The topological polar surface area (TPSA) is 33.1 Å². The molecule has 1 unspecified atom stereocenters. The zero-order chi connectivity index (χ0) is 8.48. The first-order chi connectivity index (χ1) is 5.02. The van der Waals surface area contributed by atoms with Crippen molar-refractivity contribution >= 4 is 11.5 Å². The third-order valence-electron chi connectivity index (χ3n) is 1.05. The zero-order valence-corrected chi connectivity index (χ0v) is 5.99. The Kier molecular flexibility index (Phi) is 2.15. The first kappa shape index (κ1) is 8.48. The third kappa shape index (κ3) is 1.90. The van der Waals surface area contributed by atoms with Gasteiger partial charge in [0.15, 0.2) is 6.10 Å². The number of rotatable bonds is 1. The number of aromatic nitrogens is 1. The van der Waals surface area contributed by atoms with Crippen molar-refractivity contribution in [1.82, 2.24) is 4.37 Å². The molecule has 6 heteroatoms. The van der Waals surface area contributed by atoms with E-state index in [0.717, 1.165) is 17.6 Å². The van der Waals surface area contributed by atoms with E-state index in [0.29, 0.717) is 0 Å². The second-order valence-corrected chi connectivity index (χ2v) is 2.53. The molecule has 0 aliphatic rings. The van der Waals surface area contributed by atoms with Gasteiger partial charge in [-0.1, -0.05) is 0 Å². The van der Waals surface area contributed by atoms with Gasteiger partial charge in [-0.05, 0) is 17.6 Å². The van der Waals surface area contributed by atoms with Gasteiger partial charge in [0.25, 0.3) is 0 Å². The van der Waals surface area contributed by atoms with Crippen LogP contribution in [0.4, 0.5) is 13.2 Å². The highest BCUT2D eigenvalue weighted by atomic mass is 32.1. The Balaban J connectivity index is 2.78. The van der Waals surface area contributed by atoms with Gasteiger partial charge in [0.05, 0.1) is 5.69 Å². The predicted molar refractivity (Wildman–Crippen MR) is 33.1 cm³/mol. The van der Waals surface area contributed by atoms with Crippen LogP contribution in [0.5, 0.6) is 0 Å². The van der Waals surface area contributed by atoms with Crippen LogP contribution in [0.1, 0.15) is 11.8 Å². The second kappa shape index (κ2) is 2.78. The average Bonchev–Trinajstić information content (AvgIpc) is 2.34. The predicted octanol–water partition coefficient (Wildman–Crippen LogP) is 1.74. The summed E-state index contributed by atoms with van der Waals surface area (Å²) in [6.45, 7) is 0. The number of aliphatic hydroxyl groups is 1. The van der Waals surface area contributed by atoms with E-state index in [1.165, 1.54) is 5.38 Å². The normalized spacial score (nSPS) is 14.9. The van der Waals surface area contributed by atoms with E-state index >= 15 is 0 Å². The standard InChI is InChI=1S/C5H4F3NOS/c6-5(7,8)4(10)3-1-2-11-9-3/h1-2,4,10H. The molecule has 1 N–H and O–H groups in total. The summed E-state index contributed by atoms with van der Waals surface area (Å²) in [5, 5.41) is 9.94. The Hall–Kier alpha value is -0.620. The lowest BCUT2D eigenvalue weighted by Crippen LogP contribution is -2.20. The molecule has 0 bridgehead atoms. The van der Waals surface area contributed by atoms with E-state index < -0.39 is 12.3 Å². The maximum Gasteiger partial charge on any atom is 0.420 e. The van der Waals surface area contributed by atoms with Gasteiger partial charge in [0.2, 0.25) is 0 Å². The molecule has 0 saturated heterocycles. The molecule has 0 amide bonds. The maximum atomic E-state index is 11.7. The Labute approximate surface area is 64.5 Å². The van der Waals surface area contributed by atoms with E-state index in [4.69, 9.17) is 5.11 Å². The van der Waals surface area contributed by atoms with Crippen LogP contribution < -0.4 is 0 Å². The smallest absolute Gasteiger partial charge is 0.378 e. The van der Waals surface area contributed by atoms with E-state index in [9.17, 15) is 13.2 Å². The van der Waals surface area contributed by atoms with Gasteiger partial charge in [-0.15, -0.1) is 0 Å². The van der Waals surface area contributed by atoms with Gasteiger partial charge >= 0.3 is 6.18 Å². The highest BCUT2D eigenvalue weighted by molar-refractivity contribution is 7.03. The van der Waals surface area contributed by atoms with E-state index in [1.54, 1.807) is 0 Å². The van der Waals surface area contributed by atoms with Crippen molar-refractivity contribution in [2.24, 2.45) is 0 Å².